The van der Waals surface area contributed by atoms with Crippen LogP contribution in [0.15, 0.2) is 16.6 Å². The van der Waals surface area contributed by atoms with Crippen molar-refractivity contribution in [1.82, 2.24) is 5.32 Å². The van der Waals surface area contributed by atoms with Crippen LogP contribution < -0.4 is 10.6 Å². The first-order chi connectivity index (χ1) is 8.72. The molecule has 3 nitrogen and oxygen atoms in total. The Kier molecular flexibility index (Phi) is 4.56. The van der Waals surface area contributed by atoms with E-state index >= 15 is 0 Å². The summed E-state index contributed by atoms with van der Waals surface area (Å²) in [5, 5.41) is 15.2. The summed E-state index contributed by atoms with van der Waals surface area (Å²) < 4.78 is 14.1. The molecule has 5 heteroatoms. The molecule has 0 amide bonds. The highest BCUT2D eigenvalue weighted by atomic mass is 79.9. The predicted octanol–water partition coefficient (Wildman–Crippen LogP) is 2.87. The fourth-order valence-electron chi connectivity index (χ4n) is 2.14. The molecule has 1 aliphatic rings. The van der Waals surface area contributed by atoms with Crippen molar-refractivity contribution in [2.24, 2.45) is 5.92 Å². The van der Waals surface area contributed by atoms with Gasteiger partial charge in [-0.25, -0.2) is 4.39 Å². The molecule has 96 valence electrons. The molecule has 1 atom stereocenters. The van der Waals surface area contributed by atoms with Crippen LogP contribution in [0.4, 0.5) is 10.1 Å². The van der Waals surface area contributed by atoms with Gasteiger partial charge in [0.1, 0.15) is 6.07 Å². The summed E-state index contributed by atoms with van der Waals surface area (Å²) in [6.45, 7) is 2.89. The second kappa shape index (κ2) is 6.17. The molecule has 0 aliphatic carbocycles. The first-order valence-electron chi connectivity index (χ1n) is 6.05. The minimum absolute atomic E-state index is 0.234. The van der Waals surface area contributed by atoms with Crippen molar-refractivity contribution in [2.45, 2.75) is 12.8 Å². The first kappa shape index (κ1) is 13.3. The van der Waals surface area contributed by atoms with E-state index in [1.54, 1.807) is 12.1 Å². The number of nitriles is 1. The van der Waals surface area contributed by atoms with Crippen molar-refractivity contribution >= 4 is 21.6 Å². The van der Waals surface area contributed by atoms with Gasteiger partial charge in [-0.15, -0.1) is 0 Å². The van der Waals surface area contributed by atoms with Crippen LogP contribution in [0.2, 0.25) is 0 Å². The van der Waals surface area contributed by atoms with Crippen molar-refractivity contribution in [2.75, 3.05) is 25.0 Å². The van der Waals surface area contributed by atoms with E-state index < -0.39 is 5.82 Å². The number of halogens is 2. The summed E-state index contributed by atoms with van der Waals surface area (Å²) in [4.78, 5) is 0. The van der Waals surface area contributed by atoms with E-state index in [-0.39, 0.29) is 4.47 Å². The lowest BCUT2D eigenvalue weighted by Crippen LogP contribution is -2.13. The number of rotatable bonds is 4. The van der Waals surface area contributed by atoms with E-state index in [1.807, 2.05) is 6.07 Å². The Morgan fingerprint density at radius 2 is 2.39 bits per heavy atom. The van der Waals surface area contributed by atoms with Gasteiger partial charge in [-0.05, 0) is 59.9 Å². The largest absolute Gasteiger partial charge is 0.383 e. The van der Waals surface area contributed by atoms with Crippen LogP contribution >= 0.6 is 15.9 Å². The van der Waals surface area contributed by atoms with Gasteiger partial charge in [0.15, 0.2) is 5.82 Å². The molecule has 1 aromatic carbocycles. The Labute approximate surface area is 115 Å². The van der Waals surface area contributed by atoms with Gasteiger partial charge in [0.25, 0.3) is 0 Å². The van der Waals surface area contributed by atoms with Crippen LogP contribution in [0.25, 0.3) is 0 Å². The van der Waals surface area contributed by atoms with Gasteiger partial charge in [0, 0.05) is 6.54 Å². The maximum absolute atomic E-state index is 13.9. The second-order valence-electron chi connectivity index (χ2n) is 4.47. The molecule has 2 rings (SSSR count). The number of hydrogen-bond donors (Lipinski definition) is 2. The molecule has 0 aromatic heterocycles. The highest BCUT2D eigenvalue weighted by Crippen LogP contribution is 2.26. The zero-order chi connectivity index (χ0) is 13.0. The lowest BCUT2D eigenvalue weighted by molar-refractivity contribution is 0.547. The number of nitrogens with zero attached hydrogens (tertiary/aromatic N) is 1. The predicted molar refractivity (Wildman–Crippen MR) is 72.9 cm³/mol. The highest BCUT2D eigenvalue weighted by molar-refractivity contribution is 9.10. The van der Waals surface area contributed by atoms with Gasteiger partial charge in [-0.3, -0.25) is 0 Å². The molecule has 1 saturated heterocycles. The molecular formula is C13H15BrFN3. The molecule has 1 aliphatic heterocycles. The van der Waals surface area contributed by atoms with Gasteiger partial charge in [0.2, 0.25) is 0 Å². The van der Waals surface area contributed by atoms with Gasteiger partial charge in [-0.2, -0.15) is 5.26 Å². The van der Waals surface area contributed by atoms with Gasteiger partial charge in [0.05, 0.1) is 15.7 Å². The SMILES string of the molecule is N#Cc1ccc(NCCC2CCNC2)c(F)c1Br. The Hall–Kier alpha value is -1.12. The summed E-state index contributed by atoms with van der Waals surface area (Å²) in [5.41, 5.74) is 0.768. The van der Waals surface area contributed by atoms with Crippen molar-refractivity contribution in [3.8, 4) is 6.07 Å². The Bertz CT molecular complexity index is 464. The molecule has 18 heavy (non-hydrogen) atoms. The maximum atomic E-state index is 13.9. The summed E-state index contributed by atoms with van der Waals surface area (Å²) in [7, 11) is 0. The summed E-state index contributed by atoms with van der Waals surface area (Å²) in [6, 6.07) is 5.18. The molecular weight excluding hydrogens is 297 g/mol. The highest BCUT2D eigenvalue weighted by Gasteiger charge is 2.15. The molecule has 0 spiro atoms. The fraction of sp³-hybridized carbons (Fsp3) is 0.462. The van der Waals surface area contributed by atoms with E-state index in [9.17, 15) is 4.39 Å². The zero-order valence-electron chi connectivity index (χ0n) is 9.97. The third kappa shape index (κ3) is 3.01. The third-order valence-electron chi connectivity index (χ3n) is 3.23. The quantitative estimate of drug-likeness (QED) is 0.899. The van der Waals surface area contributed by atoms with E-state index in [0.29, 0.717) is 17.2 Å². The number of nitrogens with one attached hydrogen (secondary N) is 2. The summed E-state index contributed by atoms with van der Waals surface area (Å²) in [5.74, 6) is 0.293. The van der Waals surface area contributed by atoms with E-state index in [2.05, 4.69) is 26.6 Å². The van der Waals surface area contributed by atoms with Crippen molar-refractivity contribution < 1.29 is 4.39 Å². The molecule has 1 fully saturated rings. The van der Waals surface area contributed by atoms with Crippen LogP contribution in [0.1, 0.15) is 18.4 Å². The Morgan fingerprint density at radius 3 is 3.06 bits per heavy atom. The van der Waals surface area contributed by atoms with Crippen LogP contribution in [0.3, 0.4) is 0 Å². The van der Waals surface area contributed by atoms with E-state index in [0.717, 1.165) is 26.1 Å². The fourth-order valence-corrected chi connectivity index (χ4v) is 2.58. The van der Waals surface area contributed by atoms with Crippen molar-refractivity contribution in [3.05, 3.63) is 28.0 Å². The van der Waals surface area contributed by atoms with Crippen molar-refractivity contribution in [1.29, 1.82) is 5.26 Å². The molecule has 2 N–H and O–H groups in total. The minimum atomic E-state index is -0.390. The molecule has 1 aromatic rings. The molecule has 0 bridgehead atoms. The van der Waals surface area contributed by atoms with Crippen LogP contribution in [0.5, 0.6) is 0 Å². The number of hydrogen-bond acceptors (Lipinski definition) is 3. The molecule has 0 saturated carbocycles. The molecule has 1 unspecified atom stereocenters. The number of benzene rings is 1. The Balaban J connectivity index is 1.93. The van der Waals surface area contributed by atoms with E-state index in [1.165, 1.54) is 6.42 Å². The second-order valence-corrected chi connectivity index (χ2v) is 5.27. The average Bonchev–Trinajstić information content (AvgIpc) is 2.88. The lowest BCUT2D eigenvalue weighted by atomic mass is 10.1. The minimum Gasteiger partial charge on any atom is -0.383 e. The summed E-state index contributed by atoms with van der Waals surface area (Å²) >= 11 is 3.10. The standard InChI is InChI=1S/C13H15BrFN3/c14-12-10(7-16)1-2-11(13(12)15)18-6-4-9-3-5-17-8-9/h1-2,9,17-18H,3-6,8H2. The zero-order valence-corrected chi connectivity index (χ0v) is 11.6. The smallest absolute Gasteiger partial charge is 0.161 e. The molecule has 0 radical (unpaired) electrons. The normalized spacial score (nSPS) is 18.6. The molecule has 1 heterocycles. The Morgan fingerprint density at radius 1 is 1.56 bits per heavy atom. The van der Waals surface area contributed by atoms with Crippen molar-refractivity contribution in [3.63, 3.8) is 0 Å². The summed E-state index contributed by atoms with van der Waals surface area (Å²) in [6.07, 6.45) is 2.23. The lowest BCUT2D eigenvalue weighted by Gasteiger charge is -2.12. The van der Waals surface area contributed by atoms with Gasteiger partial charge in [-0.1, -0.05) is 0 Å². The topological polar surface area (TPSA) is 47.9 Å². The van der Waals surface area contributed by atoms with Crippen LogP contribution in [-0.4, -0.2) is 19.6 Å². The average molecular weight is 312 g/mol. The third-order valence-corrected chi connectivity index (χ3v) is 4.01. The number of anilines is 1. The van der Waals surface area contributed by atoms with E-state index in [4.69, 9.17) is 5.26 Å². The van der Waals surface area contributed by atoms with Crippen LogP contribution in [-0.2, 0) is 0 Å². The van der Waals surface area contributed by atoms with Crippen LogP contribution in [0, 0.1) is 23.1 Å². The maximum Gasteiger partial charge on any atom is 0.161 e. The van der Waals surface area contributed by atoms with Gasteiger partial charge < -0.3 is 10.6 Å². The first-order valence-corrected chi connectivity index (χ1v) is 6.84. The van der Waals surface area contributed by atoms with Gasteiger partial charge >= 0.3 is 0 Å². The monoisotopic (exact) mass is 311 g/mol.